The maximum absolute atomic E-state index is 12.5. The lowest BCUT2D eigenvalue weighted by Gasteiger charge is -2.22. The number of H-pyrrole nitrogens is 1. The summed E-state index contributed by atoms with van der Waals surface area (Å²) in [4.78, 5) is 18.6. The Morgan fingerprint density at radius 2 is 2.09 bits per heavy atom. The van der Waals surface area contributed by atoms with E-state index in [4.69, 9.17) is 0 Å². The van der Waals surface area contributed by atoms with Gasteiger partial charge in [0.15, 0.2) is 0 Å². The molecular formula is C16H24N4OS. The molecule has 0 spiro atoms. The van der Waals surface area contributed by atoms with Gasteiger partial charge in [0.1, 0.15) is 0 Å². The summed E-state index contributed by atoms with van der Waals surface area (Å²) in [5, 5.41) is 10.3. The minimum atomic E-state index is 0.163. The molecule has 0 aromatic carbocycles. The van der Waals surface area contributed by atoms with Crippen LogP contribution >= 0.6 is 11.3 Å². The number of likely N-dealkylation sites (N-methyl/N-ethyl adjacent to an activating group) is 1. The SMILES string of the molecule is Cc1n[nH]c(C)c1[C@@H](C)CC(=O)N(C)C[C@H](C)c1nccs1. The third kappa shape index (κ3) is 3.74. The highest BCUT2D eigenvalue weighted by Gasteiger charge is 2.21. The molecule has 120 valence electrons. The molecule has 0 aliphatic rings. The summed E-state index contributed by atoms with van der Waals surface area (Å²) in [6.07, 6.45) is 2.31. The number of aryl methyl sites for hydroxylation is 2. The Balaban J connectivity index is 1.94. The Morgan fingerprint density at radius 1 is 1.36 bits per heavy atom. The lowest BCUT2D eigenvalue weighted by Crippen LogP contribution is -2.31. The summed E-state index contributed by atoms with van der Waals surface area (Å²) in [6, 6.07) is 0. The molecule has 0 unspecified atom stereocenters. The molecule has 0 aliphatic carbocycles. The molecule has 0 saturated heterocycles. The highest BCUT2D eigenvalue weighted by atomic mass is 32.1. The Hall–Kier alpha value is -1.69. The molecule has 2 rings (SSSR count). The zero-order valence-corrected chi connectivity index (χ0v) is 14.7. The Labute approximate surface area is 135 Å². The average Bonchev–Trinajstić information content (AvgIpc) is 3.08. The van der Waals surface area contributed by atoms with Crippen LogP contribution in [-0.2, 0) is 4.79 Å². The number of amides is 1. The second-order valence-electron chi connectivity index (χ2n) is 6.00. The van der Waals surface area contributed by atoms with Gasteiger partial charge >= 0.3 is 0 Å². The van der Waals surface area contributed by atoms with Crippen molar-refractivity contribution in [1.82, 2.24) is 20.1 Å². The summed E-state index contributed by atoms with van der Waals surface area (Å²) in [7, 11) is 1.87. The van der Waals surface area contributed by atoms with E-state index in [0.717, 1.165) is 22.0 Å². The Bertz CT molecular complexity index is 601. The predicted octanol–water partition coefficient (Wildman–Crippen LogP) is 3.24. The zero-order chi connectivity index (χ0) is 16.3. The van der Waals surface area contributed by atoms with Crippen molar-refractivity contribution in [2.75, 3.05) is 13.6 Å². The zero-order valence-electron chi connectivity index (χ0n) is 13.9. The molecule has 5 nitrogen and oxygen atoms in total. The first-order valence-corrected chi connectivity index (χ1v) is 8.43. The molecule has 2 atom stereocenters. The number of rotatable bonds is 6. The van der Waals surface area contributed by atoms with E-state index in [1.54, 1.807) is 11.3 Å². The normalized spacial score (nSPS) is 13.9. The summed E-state index contributed by atoms with van der Waals surface area (Å²) in [6.45, 7) is 8.87. The number of hydrogen-bond donors (Lipinski definition) is 1. The van der Waals surface area contributed by atoms with Crippen molar-refractivity contribution in [3.05, 3.63) is 33.5 Å². The fourth-order valence-electron chi connectivity index (χ4n) is 2.87. The van der Waals surface area contributed by atoms with E-state index in [0.29, 0.717) is 13.0 Å². The van der Waals surface area contributed by atoms with E-state index in [2.05, 4.69) is 29.0 Å². The Morgan fingerprint density at radius 3 is 2.64 bits per heavy atom. The van der Waals surface area contributed by atoms with Gasteiger partial charge in [0.05, 0.1) is 10.7 Å². The van der Waals surface area contributed by atoms with Crippen molar-refractivity contribution >= 4 is 17.2 Å². The van der Waals surface area contributed by atoms with Crippen LogP contribution in [0.3, 0.4) is 0 Å². The molecule has 22 heavy (non-hydrogen) atoms. The molecule has 2 aromatic heterocycles. The molecule has 2 heterocycles. The summed E-state index contributed by atoms with van der Waals surface area (Å²) < 4.78 is 0. The van der Waals surface area contributed by atoms with Crippen LogP contribution in [0.1, 0.15) is 54.1 Å². The summed E-state index contributed by atoms with van der Waals surface area (Å²) >= 11 is 1.64. The van der Waals surface area contributed by atoms with Crippen molar-refractivity contribution < 1.29 is 4.79 Å². The van der Waals surface area contributed by atoms with E-state index in [1.165, 1.54) is 0 Å². The van der Waals surface area contributed by atoms with Gasteiger partial charge in [-0.3, -0.25) is 9.89 Å². The van der Waals surface area contributed by atoms with E-state index < -0.39 is 0 Å². The average molecular weight is 320 g/mol. The van der Waals surface area contributed by atoms with Crippen LogP contribution in [0.2, 0.25) is 0 Å². The highest BCUT2D eigenvalue weighted by molar-refractivity contribution is 7.09. The fraction of sp³-hybridized carbons (Fsp3) is 0.562. The molecule has 6 heteroatoms. The van der Waals surface area contributed by atoms with E-state index >= 15 is 0 Å². The lowest BCUT2D eigenvalue weighted by atomic mass is 9.95. The number of hydrogen-bond acceptors (Lipinski definition) is 4. The van der Waals surface area contributed by atoms with Crippen LogP contribution in [0.25, 0.3) is 0 Å². The van der Waals surface area contributed by atoms with Gasteiger partial charge in [-0.15, -0.1) is 11.3 Å². The molecule has 0 fully saturated rings. The van der Waals surface area contributed by atoms with E-state index in [-0.39, 0.29) is 17.7 Å². The summed E-state index contributed by atoms with van der Waals surface area (Å²) in [5.41, 5.74) is 3.20. The topological polar surface area (TPSA) is 61.9 Å². The largest absolute Gasteiger partial charge is 0.345 e. The number of carbonyl (C=O) groups is 1. The maximum atomic E-state index is 12.5. The molecule has 2 aromatic rings. The monoisotopic (exact) mass is 320 g/mol. The van der Waals surface area contributed by atoms with E-state index in [1.807, 2.05) is 37.4 Å². The first-order chi connectivity index (χ1) is 10.4. The number of nitrogens with one attached hydrogen (secondary N) is 1. The van der Waals surface area contributed by atoms with Gasteiger partial charge < -0.3 is 4.90 Å². The standard InChI is InChI=1S/C16H24N4OS/c1-10(15-12(3)18-19-13(15)4)8-14(21)20(5)9-11(2)16-17-6-7-22-16/h6-7,10-11H,8-9H2,1-5H3,(H,18,19)/t10-,11-/m0/s1. The molecule has 0 radical (unpaired) electrons. The van der Waals surface area contributed by atoms with Gasteiger partial charge in [-0.25, -0.2) is 4.98 Å². The first kappa shape index (κ1) is 16.7. The number of nitrogens with zero attached hydrogens (tertiary/aromatic N) is 3. The number of aromatic nitrogens is 3. The van der Waals surface area contributed by atoms with Gasteiger partial charge in [-0.05, 0) is 25.3 Å². The van der Waals surface area contributed by atoms with Gasteiger partial charge in [0, 0.05) is 43.2 Å². The van der Waals surface area contributed by atoms with E-state index in [9.17, 15) is 4.79 Å². The van der Waals surface area contributed by atoms with Crippen molar-refractivity contribution in [2.45, 2.75) is 46.0 Å². The third-order valence-corrected chi connectivity index (χ3v) is 5.01. The minimum absolute atomic E-state index is 0.163. The second kappa shape index (κ2) is 7.05. The maximum Gasteiger partial charge on any atom is 0.222 e. The van der Waals surface area contributed by atoms with Gasteiger partial charge in [-0.2, -0.15) is 5.10 Å². The van der Waals surface area contributed by atoms with Crippen molar-refractivity contribution in [1.29, 1.82) is 0 Å². The van der Waals surface area contributed by atoms with Crippen LogP contribution in [0.4, 0.5) is 0 Å². The second-order valence-corrected chi connectivity index (χ2v) is 6.92. The van der Waals surface area contributed by atoms with Crippen LogP contribution in [0, 0.1) is 13.8 Å². The first-order valence-electron chi connectivity index (χ1n) is 7.55. The molecule has 0 aliphatic heterocycles. The van der Waals surface area contributed by atoms with Crippen molar-refractivity contribution in [3.63, 3.8) is 0 Å². The molecule has 1 amide bonds. The van der Waals surface area contributed by atoms with Crippen LogP contribution in [0.5, 0.6) is 0 Å². The quantitative estimate of drug-likeness (QED) is 0.889. The van der Waals surface area contributed by atoms with Crippen LogP contribution < -0.4 is 0 Å². The van der Waals surface area contributed by atoms with Crippen LogP contribution in [0.15, 0.2) is 11.6 Å². The van der Waals surface area contributed by atoms with Crippen molar-refractivity contribution in [2.24, 2.45) is 0 Å². The van der Waals surface area contributed by atoms with Gasteiger partial charge in [0.25, 0.3) is 0 Å². The lowest BCUT2D eigenvalue weighted by molar-refractivity contribution is -0.130. The predicted molar refractivity (Wildman–Crippen MR) is 89.3 cm³/mol. The van der Waals surface area contributed by atoms with Gasteiger partial charge in [0.2, 0.25) is 5.91 Å². The van der Waals surface area contributed by atoms with Crippen LogP contribution in [-0.4, -0.2) is 39.6 Å². The van der Waals surface area contributed by atoms with Crippen molar-refractivity contribution in [3.8, 4) is 0 Å². The molecule has 0 bridgehead atoms. The molecular weight excluding hydrogens is 296 g/mol. The Kier molecular flexibility index (Phi) is 5.34. The van der Waals surface area contributed by atoms with Gasteiger partial charge in [-0.1, -0.05) is 13.8 Å². The third-order valence-electron chi connectivity index (χ3n) is 4.01. The summed E-state index contributed by atoms with van der Waals surface area (Å²) in [5.74, 6) is 0.599. The molecule has 0 saturated carbocycles. The fourth-order valence-corrected chi connectivity index (χ4v) is 3.56. The number of carbonyl (C=O) groups excluding carboxylic acids is 1. The number of aromatic amines is 1. The smallest absolute Gasteiger partial charge is 0.222 e. The number of thiazole rings is 1. The minimum Gasteiger partial charge on any atom is -0.345 e. The molecule has 1 N–H and O–H groups in total. The highest BCUT2D eigenvalue weighted by Crippen LogP contribution is 2.25.